The Hall–Kier alpha value is -1.51. The van der Waals surface area contributed by atoms with Crippen molar-refractivity contribution in [2.75, 3.05) is 18.6 Å². The summed E-state index contributed by atoms with van der Waals surface area (Å²) in [6.07, 6.45) is 0.943. The van der Waals surface area contributed by atoms with Crippen molar-refractivity contribution in [1.82, 2.24) is 0 Å². The molecule has 2 rings (SSSR count). The number of fused-ring (bicyclic) bond motifs is 1. The van der Waals surface area contributed by atoms with Crippen molar-refractivity contribution in [2.24, 2.45) is 0 Å². The highest BCUT2D eigenvalue weighted by Crippen LogP contribution is 2.31. The summed E-state index contributed by atoms with van der Waals surface area (Å²) in [6.45, 7) is 2.38. The molecule has 1 heterocycles. The number of hydrogen-bond acceptors (Lipinski definition) is 2. The van der Waals surface area contributed by atoms with E-state index in [4.69, 9.17) is 4.74 Å². The Morgan fingerprint density at radius 3 is 2.93 bits per heavy atom. The van der Waals surface area contributed by atoms with E-state index in [1.54, 1.807) is 18.9 Å². The van der Waals surface area contributed by atoms with Crippen LogP contribution < -0.4 is 9.64 Å². The smallest absolute Gasteiger partial charge is 0.223 e. The normalized spacial score (nSPS) is 14.0. The van der Waals surface area contributed by atoms with Crippen LogP contribution >= 0.6 is 0 Å². The van der Waals surface area contributed by atoms with Gasteiger partial charge < -0.3 is 9.64 Å². The van der Waals surface area contributed by atoms with E-state index in [0.717, 1.165) is 24.4 Å². The molecule has 0 spiro atoms. The van der Waals surface area contributed by atoms with Crippen LogP contribution in [0, 0.1) is 0 Å². The fourth-order valence-corrected chi connectivity index (χ4v) is 1.81. The number of benzene rings is 1. The monoisotopic (exact) mass is 191 g/mol. The third-order valence-electron chi connectivity index (χ3n) is 2.57. The molecule has 0 atom stereocenters. The third kappa shape index (κ3) is 1.35. The molecule has 1 aliphatic heterocycles. The maximum absolute atomic E-state index is 11.3. The summed E-state index contributed by atoms with van der Waals surface area (Å²) in [5.41, 5.74) is 2.22. The molecule has 0 saturated heterocycles. The molecule has 0 fully saturated rings. The van der Waals surface area contributed by atoms with Gasteiger partial charge in [-0.3, -0.25) is 4.79 Å². The summed E-state index contributed by atoms with van der Waals surface area (Å²) in [5.74, 6) is 0.897. The Morgan fingerprint density at radius 2 is 2.29 bits per heavy atom. The van der Waals surface area contributed by atoms with Gasteiger partial charge in [-0.2, -0.15) is 0 Å². The van der Waals surface area contributed by atoms with Gasteiger partial charge in [0.05, 0.1) is 12.8 Å². The first kappa shape index (κ1) is 9.06. The number of hydrogen-bond donors (Lipinski definition) is 0. The van der Waals surface area contributed by atoms with Crippen LogP contribution in [0.25, 0.3) is 0 Å². The van der Waals surface area contributed by atoms with Gasteiger partial charge >= 0.3 is 0 Å². The minimum Gasteiger partial charge on any atom is -0.497 e. The van der Waals surface area contributed by atoms with Gasteiger partial charge in [-0.15, -0.1) is 0 Å². The maximum Gasteiger partial charge on any atom is 0.223 e. The van der Waals surface area contributed by atoms with Crippen LogP contribution in [0.15, 0.2) is 18.2 Å². The summed E-state index contributed by atoms with van der Waals surface area (Å²) in [4.78, 5) is 13.1. The second-order valence-electron chi connectivity index (χ2n) is 3.42. The van der Waals surface area contributed by atoms with E-state index in [2.05, 4.69) is 0 Å². The lowest BCUT2D eigenvalue weighted by Gasteiger charge is -2.15. The molecule has 3 heteroatoms. The molecule has 0 bridgehead atoms. The zero-order chi connectivity index (χ0) is 10.1. The maximum atomic E-state index is 11.3. The van der Waals surface area contributed by atoms with Gasteiger partial charge in [-0.1, -0.05) is 6.07 Å². The van der Waals surface area contributed by atoms with Gasteiger partial charge in [0.25, 0.3) is 0 Å². The van der Waals surface area contributed by atoms with E-state index in [0.29, 0.717) is 0 Å². The molecule has 0 N–H and O–H groups in total. The average molecular weight is 191 g/mol. The Morgan fingerprint density at radius 1 is 1.50 bits per heavy atom. The number of amides is 1. The quantitative estimate of drug-likeness (QED) is 0.674. The van der Waals surface area contributed by atoms with Gasteiger partial charge in [-0.05, 0) is 18.1 Å². The van der Waals surface area contributed by atoms with Gasteiger partial charge in [0, 0.05) is 19.5 Å². The molecule has 74 valence electrons. The zero-order valence-corrected chi connectivity index (χ0v) is 8.41. The van der Waals surface area contributed by atoms with Crippen LogP contribution in [0.2, 0.25) is 0 Å². The van der Waals surface area contributed by atoms with Crippen molar-refractivity contribution >= 4 is 11.6 Å². The third-order valence-corrected chi connectivity index (χ3v) is 2.57. The summed E-state index contributed by atoms with van der Waals surface area (Å²) < 4.78 is 5.13. The first-order valence-corrected chi connectivity index (χ1v) is 4.67. The highest BCUT2D eigenvalue weighted by molar-refractivity contribution is 5.94. The first-order valence-electron chi connectivity index (χ1n) is 4.67. The van der Waals surface area contributed by atoms with Crippen LogP contribution in [0.1, 0.15) is 12.5 Å². The number of nitrogens with zero attached hydrogens (tertiary/aromatic N) is 1. The second-order valence-corrected chi connectivity index (χ2v) is 3.42. The molecule has 3 nitrogen and oxygen atoms in total. The molecule has 1 aromatic carbocycles. The standard InChI is InChI=1S/C11H13NO2/c1-8(13)12-6-5-9-3-4-10(14-2)7-11(9)12/h3-4,7H,5-6H2,1-2H3. The van der Waals surface area contributed by atoms with Crippen molar-refractivity contribution in [3.63, 3.8) is 0 Å². The molecule has 1 aliphatic rings. The van der Waals surface area contributed by atoms with Crippen molar-refractivity contribution in [3.8, 4) is 5.75 Å². The highest BCUT2D eigenvalue weighted by atomic mass is 16.5. The average Bonchev–Trinajstić information content (AvgIpc) is 2.59. The minimum atomic E-state index is 0.0944. The molecule has 14 heavy (non-hydrogen) atoms. The Bertz CT molecular complexity index is 374. The second kappa shape index (κ2) is 3.33. The van der Waals surface area contributed by atoms with Crippen molar-refractivity contribution in [3.05, 3.63) is 23.8 Å². The first-order chi connectivity index (χ1) is 6.72. The van der Waals surface area contributed by atoms with E-state index in [1.165, 1.54) is 5.56 Å². The number of methoxy groups -OCH3 is 1. The number of rotatable bonds is 1. The van der Waals surface area contributed by atoms with Crippen molar-refractivity contribution in [1.29, 1.82) is 0 Å². The number of anilines is 1. The van der Waals surface area contributed by atoms with Crippen LogP contribution in [0.3, 0.4) is 0 Å². The van der Waals surface area contributed by atoms with Crippen LogP contribution in [-0.4, -0.2) is 19.6 Å². The predicted molar refractivity (Wildman–Crippen MR) is 54.7 cm³/mol. The van der Waals surface area contributed by atoms with E-state index in [9.17, 15) is 4.79 Å². The van der Waals surface area contributed by atoms with Crippen LogP contribution in [0.5, 0.6) is 5.75 Å². The molecule has 0 radical (unpaired) electrons. The molecule has 1 amide bonds. The predicted octanol–water partition coefficient (Wildman–Crippen LogP) is 1.60. The molecule has 0 aromatic heterocycles. The van der Waals surface area contributed by atoms with E-state index < -0.39 is 0 Å². The molecule has 0 aliphatic carbocycles. The zero-order valence-electron chi connectivity index (χ0n) is 8.41. The number of ether oxygens (including phenoxy) is 1. The lowest BCUT2D eigenvalue weighted by Crippen LogP contribution is -2.25. The Balaban J connectivity index is 2.41. The van der Waals surface area contributed by atoms with Crippen LogP contribution in [-0.2, 0) is 11.2 Å². The molecule has 0 unspecified atom stereocenters. The van der Waals surface area contributed by atoms with Gasteiger partial charge in [0.2, 0.25) is 5.91 Å². The molecule has 1 aromatic rings. The number of carbonyl (C=O) groups excluding carboxylic acids is 1. The van der Waals surface area contributed by atoms with Gasteiger partial charge in [0.15, 0.2) is 0 Å². The summed E-state index contributed by atoms with van der Waals surface area (Å²) in [5, 5.41) is 0. The van der Waals surface area contributed by atoms with Crippen molar-refractivity contribution in [2.45, 2.75) is 13.3 Å². The molecule has 0 saturated carbocycles. The molecular formula is C11H13NO2. The molecular weight excluding hydrogens is 178 g/mol. The topological polar surface area (TPSA) is 29.5 Å². The SMILES string of the molecule is COc1ccc2c(c1)N(C(C)=O)CC2. The fourth-order valence-electron chi connectivity index (χ4n) is 1.81. The largest absolute Gasteiger partial charge is 0.497 e. The van der Waals surface area contributed by atoms with E-state index in [-0.39, 0.29) is 5.91 Å². The summed E-state index contributed by atoms with van der Waals surface area (Å²) >= 11 is 0. The Labute approximate surface area is 83.3 Å². The van der Waals surface area contributed by atoms with Gasteiger partial charge in [0.1, 0.15) is 5.75 Å². The highest BCUT2D eigenvalue weighted by Gasteiger charge is 2.22. The summed E-state index contributed by atoms with van der Waals surface area (Å²) in [7, 11) is 1.63. The van der Waals surface area contributed by atoms with E-state index in [1.807, 2.05) is 18.2 Å². The lowest BCUT2D eigenvalue weighted by atomic mass is 10.1. The van der Waals surface area contributed by atoms with Gasteiger partial charge in [-0.25, -0.2) is 0 Å². The number of carbonyl (C=O) groups is 1. The van der Waals surface area contributed by atoms with Crippen LogP contribution in [0.4, 0.5) is 5.69 Å². The lowest BCUT2D eigenvalue weighted by molar-refractivity contribution is -0.116. The fraction of sp³-hybridized carbons (Fsp3) is 0.364. The minimum absolute atomic E-state index is 0.0944. The van der Waals surface area contributed by atoms with Crippen molar-refractivity contribution < 1.29 is 9.53 Å². The Kier molecular flexibility index (Phi) is 2.15. The van der Waals surface area contributed by atoms with E-state index >= 15 is 0 Å². The summed E-state index contributed by atoms with van der Waals surface area (Å²) in [6, 6.07) is 5.88.